The van der Waals surface area contributed by atoms with Crippen LogP contribution in [0.25, 0.3) is 10.9 Å². The Balaban J connectivity index is 1.44. The lowest BCUT2D eigenvalue weighted by atomic mass is 10.0. The summed E-state index contributed by atoms with van der Waals surface area (Å²) in [6.45, 7) is 0.354. The molecule has 0 unspecified atom stereocenters. The van der Waals surface area contributed by atoms with E-state index in [1.165, 1.54) is 24.1 Å². The summed E-state index contributed by atoms with van der Waals surface area (Å²) in [6.07, 6.45) is 1.57. The van der Waals surface area contributed by atoms with Gasteiger partial charge in [-0.05, 0) is 54.6 Å². The molecule has 2 amide bonds. The molecule has 2 heterocycles. The monoisotopic (exact) mass is 486 g/mol. The van der Waals surface area contributed by atoms with Crippen LogP contribution in [0.3, 0.4) is 0 Å². The number of ketones is 2. The van der Waals surface area contributed by atoms with Gasteiger partial charge in [0.25, 0.3) is 11.8 Å². The number of methoxy groups -OCH3 is 1. The number of aromatic nitrogens is 1. The highest BCUT2D eigenvalue weighted by Gasteiger charge is 2.35. The van der Waals surface area contributed by atoms with Crippen molar-refractivity contribution < 1.29 is 23.9 Å². The maximum Gasteiger partial charge on any atom is 0.261 e. The molecular formula is C27H19ClN2O5. The van der Waals surface area contributed by atoms with Crippen LogP contribution in [-0.2, 0) is 6.54 Å². The molecule has 174 valence electrons. The normalized spacial score (nSPS) is 12.8. The number of benzene rings is 3. The molecule has 0 bridgehead atoms. The number of nitrogens with zero attached hydrogens (tertiary/aromatic N) is 2. The van der Waals surface area contributed by atoms with Gasteiger partial charge in [0.05, 0.1) is 23.8 Å². The predicted octanol–water partition coefficient (Wildman–Crippen LogP) is 4.67. The Labute approximate surface area is 205 Å². The molecule has 0 saturated carbocycles. The van der Waals surface area contributed by atoms with E-state index in [1.807, 2.05) is 0 Å². The Hall–Kier alpha value is -4.23. The van der Waals surface area contributed by atoms with Crippen molar-refractivity contribution in [1.29, 1.82) is 0 Å². The summed E-state index contributed by atoms with van der Waals surface area (Å²) < 4.78 is 6.86. The Bertz CT molecular complexity index is 1490. The first-order chi connectivity index (χ1) is 16.9. The maximum absolute atomic E-state index is 13.2. The third kappa shape index (κ3) is 3.90. The number of rotatable bonds is 7. The van der Waals surface area contributed by atoms with E-state index in [-0.39, 0.29) is 36.0 Å². The summed E-state index contributed by atoms with van der Waals surface area (Å²) in [5, 5.41) is 0.938. The topological polar surface area (TPSA) is 85.7 Å². The molecule has 1 aromatic heterocycles. The lowest BCUT2D eigenvalue weighted by molar-refractivity contribution is 0.0649. The highest BCUT2D eigenvalue weighted by Crippen LogP contribution is 2.28. The van der Waals surface area contributed by atoms with Crippen molar-refractivity contribution in [2.75, 3.05) is 13.7 Å². The molecule has 7 nitrogen and oxygen atoms in total. The zero-order valence-corrected chi connectivity index (χ0v) is 19.4. The van der Waals surface area contributed by atoms with Crippen LogP contribution in [0.2, 0.25) is 5.02 Å². The molecule has 0 spiro atoms. The van der Waals surface area contributed by atoms with Crippen molar-refractivity contribution in [2.24, 2.45) is 0 Å². The van der Waals surface area contributed by atoms with Gasteiger partial charge in [-0.1, -0.05) is 23.7 Å². The van der Waals surface area contributed by atoms with E-state index in [2.05, 4.69) is 0 Å². The molecule has 0 aliphatic carbocycles. The second-order valence-electron chi connectivity index (χ2n) is 8.09. The van der Waals surface area contributed by atoms with E-state index in [4.69, 9.17) is 16.3 Å². The van der Waals surface area contributed by atoms with Crippen LogP contribution in [0.5, 0.6) is 5.75 Å². The van der Waals surface area contributed by atoms with Gasteiger partial charge in [-0.3, -0.25) is 24.1 Å². The number of fused-ring (bicyclic) bond motifs is 2. The van der Waals surface area contributed by atoms with Crippen LogP contribution in [0.1, 0.15) is 41.4 Å². The highest BCUT2D eigenvalue weighted by atomic mass is 35.5. The molecular weight excluding hydrogens is 468 g/mol. The molecule has 5 rings (SSSR count). The second kappa shape index (κ2) is 8.85. The first-order valence-electron chi connectivity index (χ1n) is 10.9. The van der Waals surface area contributed by atoms with E-state index < -0.39 is 11.6 Å². The van der Waals surface area contributed by atoms with Crippen LogP contribution in [0.4, 0.5) is 0 Å². The Morgan fingerprint density at radius 2 is 1.51 bits per heavy atom. The molecule has 35 heavy (non-hydrogen) atoms. The smallest absolute Gasteiger partial charge is 0.261 e. The number of hydrogen-bond donors (Lipinski definition) is 0. The first kappa shape index (κ1) is 22.6. The number of halogens is 1. The van der Waals surface area contributed by atoms with Crippen LogP contribution in [0.15, 0.2) is 72.9 Å². The Morgan fingerprint density at radius 1 is 0.857 bits per heavy atom. The summed E-state index contributed by atoms with van der Waals surface area (Å²) in [4.78, 5) is 52.7. The summed E-state index contributed by atoms with van der Waals surface area (Å²) in [7, 11) is 1.52. The molecule has 1 aliphatic rings. The van der Waals surface area contributed by atoms with Gasteiger partial charge < -0.3 is 9.30 Å². The van der Waals surface area contributed by atoms with Gasteiger partial charge in [-0.15, -0.1) is 0 Å². The highest BCUT2D eigenvalue weighted by molar-refractivity contribution is 6.51. The fourth-order valence-electron chi connectivity index (χ4n) is 4.28. The molecule has 8 heteroatoms. The van der Waals surface area contributed by atoms with E-state index in [0.717, 1.165) is 0 Å². The van der Waals surface area contributed by atoms with Gasteiger partial charge >= 0.3 is 0 Å². The summed E-state index contributed by atoms with van der Waals surface area (Å²) in [5.41, 5.74) is 1.86. The van der Waals surface area contributed by atoms with Crippen molar-refractivity contribution >= 4 is 45.9 Å². The number of Topliss-reactive ketones (excluding diaryl/α,β-unsaturated/α-hetero) is 2. The summed E-state index contributed by atoms with van der Waals surface area (Å²) in [5.74, 6) is -1.47. The third-order valence-electron chi connectivity index (χ3n) is 6.09. The fraction of sp³-hybridized carbons (Fsp3) is 0.111. The van der Waals surface area contributed by atoms with Crippen molar-refractivity contribution in [3.05, 3.63) is 100 Å². The number of carbonyl (C=O) groups is 4. The predicted molar refractivity (Wildman–Crippen MR) is 130 cm³/mol. The number of amides is 2. The molecule has 4 aromatic rings. The summed E-state index contributed by atoms with van der Waals surface area (Å²) >= 11 is 6.19. The molecule has 1 aliphatic heterocycles. The standard InChI is InChI=1S/C27H19ClN2O5/c1-35-18-9-6-16(7-10-18)24(31)25(32)22-15-29(23-11-8-17(28)14-21(22)23)12-13-30-26(33)19-4-2-3-5-20(19)27(30)34/h2-11,14-15H,12-13H2,1H3. The molecule has 0 saturated heterocycles. The zero-order valence-electron chi connectivity index (χ0n) is 18.7. The second-order valence-corrected chi connectivity index (χ2v) is 8.53. The number of hydrogen-bond acceptors (Lipinski definition) is 5. The van der Waals surface area contributed by atoms with Gasteiger partial charge in [0.1, 0.15) is 5.75 Å². The van der Waals surface area contributed by atoms with Crippen molar-refractivity contribution in [2.45, 2.75) is 6.54 Å². The minimum absolute atomic E-state index is 0.110. The van der Waals surface area contributed by atoms with E-state index in [9.17, 15) is 19.2 Å². The minimum atomic E-state index is -0.679. The number of imide groups is 1. The lowest BCUT2D eigenvalue weighted by Gasteiger charge is -2.14. The van der Waals surface area contributed by atoms with Crippen LogP contribution < -0.4 is 4.74 Å². The number of carbonyl (C=O) groups excluding carboxylic acids is 4. The average molecular weight is 487 g/mol. The van der Waals surface area contributed by atoms with E-state index in [1.54, 1.807) is 65.4 Å². The molecule has 0 atom stereocenters. The first-order valence-corrected chi connectivity index (χ1v) is 11.2. The molecule has 3 aromatic carbocycles. The number of ether oxygens (including phenoxy) is 1. The SMILES string of the molecule is COc1ccc(C(=O)C(=O)c2cn(CCN3C(=O)c4ccccc4C3=O)c3ccc(Cl)cc23)cc1. The molecule has 0 radical (unpaired) electrons. The fourth-order valence-corrected chi connectivity index (χ4v) is 4.45. The van der Waals surface area contributed by atoms with E-state index >= 15 is 0 Å². The molecule has 0 N–H and O–H groups in total. The Kier molecular flexibility index (Phi) is 5.70. The van der Waals surface area contributed by atoms with Crippen molar-refractivity contribution in [3.63, 3.8) is 0 Å². The quantitative estimate of drug-likeness (QED) is 0.215. The largest absolute Gasteiger partial charge is 0.497 e. The average Bonchev–Trinajstić information content (AvgIpc) is 3.36. The maximum atomic E-state index is 13.2. The van der Waals surface area contributed by atoms with Gasteiger partial charge in [0, 0.05) is 40.8 Å². The van der Waals surface area contributed by atoms with Crippen LogP contribution in [0, 0.1) is 0 Å². The van der Waals surface area contributed by atoms with Gasteiger partial charge in [0.15, 0.2) is 0 Å². The minimum Gasteiger partial charge on any atom is -0.497 e. The van der Waals surface area contributed by atoms with Crippen LogP contribution in [-0.4, -0.2) is 46.5 Å². The van der Waals surface area contributed by atoms with Gasteiger partial charge in [-0.2, -0.15) is 0 Å². The zero-order chi connectivity index (χ0) is 24.7. The third-order valence-corrected chi connectivity index (χ3v) is 6.32. The van der Waals surface area contributed by atoms with Gasteiger partial charge in [0.2, 0.25) is 11.6 Å². The summed E-state index contributed by atoms with van der Waals surface area (Å²) in [6, 6.07) is 18.0. The molecule has 0 fully saturated rings. The van der Waals surface area contributed by atoms with Crippen LogP contribution >= 0.6 is 11.6 Å². The van der Waals surface area contributed by atoms with E-state index in [0.29, 0.717) is 32.8 Å². The Morgan fingerprint density at radius 3 is 2.14 bits per heavy atom. The van der Waals surface area contributed by atoms with Crippen molar-refractivity contribution in [1.82, 2.24) is 9.47 Å². The van der Waals surface area contributed by atoms with Gasteiger partial charge in [-0.25, -0.2) is 0 Å². The lowest BCUT2D eigenvalue weighted by Crippen LogP contribution is -2.32. The van der Waals surface area contributed by atoms with Crippen molar-refractivity contribution in [3.8, 4) is 5.75 Å².